The van der Waals surface area contributed by atoms with Gasteiger partial charge in [-0.05, 0) is 40.9 Å². The van der Waals surface area contributed by atoms with Crippen LogP contribution >= 0.6 is 27.5 Å². The summed E-state index contributed by atoms with van der Waals surface area (Å²) in [7, 11) is -2.28. The second kappa shape index (κ2) is 6.19. The maximum Gasteiger partial charge on any atom is 0.246 e. The maximum atomic E-state index is 12.7. The quantitative estimate of drug-likeness (QED) is 0.868. The average Bonchev–Trinajstić information content (AvgIpc) is 2.38. The number of rotatable bonds is 3. The van der Waals surface area contributed by atoms with Crippen LogP contribution in [0.4, 0.5) is 0 Å². The van der Waals surface area contributed by atoms with E-state index in [1.165, 1.54) is 17.5 Å². The van der Waals surface area contributed by atoms with Crippen molar-refractivity contribution in [3.63, 3.8) is 0 Å². The van der Waals surface area contributed by atoms with E-state index in [4.69, 9.17) is 16.3 Å². The molecule has 1 fully saturated rings. The molecule has 0 radical (unpaired) electrons. The summed E-state index contributed by atoms with van der Waals surface area (Å²) in [5.41, 5.74) is 0. The van der Waals surface area contributed by atoms with Crippen LogP contribution in [0.5, 0.6) is 5.75 Å². The number of hydrogen-bond donors (Lipinski definition) is 1. The highest BCUT2D eigenvalue weighted by Crippen LogP contribution is 2.37. The lowest BCUT2D eigenvalue weighted by molar-refractivity contribution is 0.113. The maximum absolute atomic E-state index is 12.7. The molecule has 0 aliphatic carbocycles. The molecule has 0 aromatic heterocycles. The van der Waals surface area contributed by atoms with Gasteiger partial charge in [0, 0.05) is 18.1 Å². The summed E-state index contributed by atoms with van der Waals surface area (Å²) in [6.45, 7) is 0.577. The van der Waals surface area contributed by atoms with E-state index in [0.29, 0.717) is 22.3 Å². The van der Waals surface area contributed by atoms with Crippen molar-refractivity contribution in [2.75, 3.05) is 20.2 Å². The van der Waals surface area contributed by atoms with Crippen LogP contribution in [-0.4, -0.2) is 44.1 Å². The van der Waals surface area contributed by atoms with Gasteiger partial charge in [0.15, 0.2) is 5.75 Å². The number of benzene rings is 1. The highest BCUT2D eigenvalue weighted by Gasteiger charge is 2.32. The summed E-state index contributed by atoms with van der Waals surface area (Å²) in [6, 6.07) is 2.96. The smallest absolute Gasteiger partial charge is 0.246 e. The van der Waals surface area contributed by atoms with E-state index in [-0.39, 0.29) is 23.7 Å². The van der Waals surface area contributed by atoms with E-state index in [1.54, 1.807) is 6.07 Å². The van der Waals surface area contributed by atoms with Crippen LogP contribution in [0.2, 0.25) is 5.02 Å². The molecule has 1 aromatic carbocycles. The summed E-state index contributed by atoms with van der Waals surface area (Å²) < 4.78 is 32.3. The van der Waals surface area contributed by atoms with Crippen molar-refractivity contribution in [1.29, 1.82) is 0 Å². The molecule has 8 heteroatoms. The second-order valence-corrected chi connectivity index (χ2v) is 7.75. The molecule has 1 aliphatic rings. The summed E-state index contributed by atoms with van der Waals surface area (Å²) in [5.74, 6) is 0.237. The Morgan fingerprint density at radius 2 is 2.00 bits per heavy atom. The number of aliphatic hydroxyl groups excluding tert-OH is 1. The predicted octanol–water partition coefficient (Wildman–Crippen LogP) is 2.26. The van der Waals surface area contributed by atoms with Gasteiger partial charge in [0.05, 0.1) is 17.7 Å². The first-order valence-electron chi connectivity index (χ1n) is 6.07. The second-order valence-electron chi connectivity index (χ2n) is 4.55. The fourth-order valence-corrected chi connectivity index (χ4v) is 4.99. The highest BCUT2D eigenvalue weighted by molar-refractivity contribution is 9.10. The fourth-order valence-electron chi connectivity index (χ4n) is 2.15. The Kier molecular flexibility index (Phi) is 4.96. The minimum absolute atomic E-state index is 0.0377. The number of aliphatic hydroxyl groups is 1. The third-order valence-electron chi connectivity index (χ3n) is 3.22. The van der Waals surface area contributed by atoms with Gasteiger partial charge in [-0.25, -0.2) is 8.42 Å². The predicted molar refractivity (Wildman–Crippen MR) is 79.7 cm³/mol. The molecule has 2 rings (SSSR count). The summed E-state index contributed by atoms with van der Waals surface area (Å²) in [4.78, 5) is 0.0377. The van der Waals surface area contributed by atoms with Crippen molar-refractivity contribution in [2.45, 2.75) is 23.8 Å². The molecular weight excluding hydrogens is 370 g/mol. The monoisotopic (exact) mass is 383 g/mol. The van der Waals surface area contributed by atoms with Crippen LogP contribution in [-0.2, 0) is 10.0 Å². The zero-order valence-electron chi connectivity index (χ0n) is 10.8. The minimum Gasteiger partial charge on any atom is -0.494 e. The molecule has 0 bridgehead atoms. The molecule has 1 heterocycles. The van der Waals surface area contributed by atoms with Gasteiger partial charge >= 0.3 is 0 Å². The van der Waals surface area contributed by atoms with E-state index < -0.39 is 16.1 Å². The molecule has 0 amide bonds. The lowest BCUT2D eigenvalue weighted by Crippen LogP contribution is -2.40. The molecule has 1 aromatic rings. The molecule has 0 atom stereocenters. The van der Waals surface area contributed by atoms with Crippen LogP contribution in [0, 0.1) is 0 Å². The molecular formula is C12H15BrClNO4S. The Morgan fingerprint density at radius 3 is 2.55 bits per heavy atom. The molecule has 1 saturated heterocycles. The number of piperidine rings is 1. The van der Waals surface area contributed by atoms with Gasteiger partial charge in [-0.15, -0.1) is 0 Å². The van der Waals surface area contributed by atoms with Gasteiger partial charge in [-0.3, -0.25) is 0 Å². The Morgan fingerprint density at radius 1 is 1.40 bits per heavy atom. The Balaban J connectivity index is 2.44. The molecule has 0 saturated carbocycles. The fraction of sp³-hybridized carbons (Fsp3) is 0.500. The van der Waals surface area contributed by atoms with Gasteiger partial charge in [0.2, 0.25) is 10.0 Å². The lowest BCUT2D eigenvalue weighted by atomic mass is 10.1. The lowest BCUT2D eigenvalue weighted by Gasteiger charge is -2.29. The van der Waals surface area contributed by atoms with Crippen molar-refractivity contribution in [3.8, 4) is 5.75 Å². The molecule has 1 aliphatic heterocycles. The van der Waals surface area contributed by atoms with E-state index in [9.17, 15) is 13.5 Å². The van der Waals surface area contributed by atoms with E-state index >= 15 is 0 Å². The van der Waals surface area contributed by atoms with Crippen molar-refractivity contribution in [1.82, 2.24) is 4.31 Å². The van der Waals surface area contributed by atoms with Gasteiger partial charge in [0.1, 0.15) is 4.90 Å². The molecule has 0 unspecified atom stereocenters. The Bertz CT molecular complexity index is 600. The summed E-state index contributed by atoms with van der Waals surface area (Å²) in [5, 5.41) is 9.79. The average molecular weight is 385 g/mol. The number of halogens is 2. The van der Waals surface area contributed by atoms with Crippen LogP contribution in [0.25, 0.3) is 0 Å². The van der Waals surface area contributed by atoms with Crippen molar-refractivity contribution < 1.29 is 18.3 Å². The third kappa shape index (κ3) is 3.12. The molecule has 20 heavy (non-hydrogen) atoms. The summed E-state index contributed by atoms with van der Waals surface area (Å²) >= 11 is 9.19. The van der Waals surface area contributed by atoms with E-state index in [2.05, 4.69) is 15.9 Å². The van der Waals surface area contributed by atoms with Crippen LogP contribution in [0.15, 0.2) is 21.5 Å². The number of nitrogens with zero attached hydrogens (tertiary/aromatic N) is 1. The van der Waals surface area contributed by atoms with Crippen molar-refractivity contribution in [3.05, 3.63) is 21.6 Å². The van der Waals surface area contributed by atoms with Crippen LogP contribution in [0.1, 0.15) is 12.8 Å². The SMILES string of the molecule is COc1c(Br)cc(Cl)cc1S(=O)(=O)N1CCC(O)CC1. The highest BCUT2D eigenvalue weighted by atomic mass is 79.9. The standard InChI is InChI=1S/C12H15BrClNO4S/c1-19-12-10(13)6-8(14)7-11(12)20(17,18)15-4-2-9(16)3-5-15/h6-7,9,16H,2-5H2,1H3. The largest absolute Gasteiger partial charge is 0.494 e. The number of sulfonamides is 1. The molecule has 1 N–H and O–H groups in total. The molecule has 5 nitrogen and oxygen atoms in total. The first kappa shape index (κ1) is 16.0. The van der Waals surface area contributed by atoms with Gasteiger partial charge in [-0.2, -0.15) is 4.31 Å². The third-order valence-corrected chi connectivity index (χ3v) is 5.93. The van der Waals surface area contributed by atoms with E-state index in [0.717, 1.165) is 0 Å². The Hall–Kier alpha value is -0.340. The summed E-state index contributed by atoms with van der Waals surface area (Å²) in [6.07, 6.45) is 0.432. The van der Waals surface area contributed by atoms with Gasteiger partial charge in [0.25, 0.3) is 0 Å². The zero-order chi connectivity index (χ0) is 14.9. The van der Waals surface area contributed by atoms with Crippen LogP contribution in [0.3, 0.4) is 0 Å². The number of hydrogen-bond acceptors (Lipinski definition) is 4. The normalized spacial score (nSPS) is 18.2. The van der Waals surface area contributed by atoms with Crippen molar-refractivity contribution >= 4 is 37.6 Å². The minimum atomic E-state index is -3.69. The molecule has 112 valence electrons. The van der Waals surface area contributed by atoms with Crippen molar-refractivity contribution in [2.24, 2.45) is 0 Å². The van der Waals surface area contributed by atoms with Gasteiger partial charge < -0.3 is 9.84 Å². The topological polar surface area (TPSA) is 66.8 Å². The van der Waals surface area contributed by atoms with E-state index in [1.807, 2.05) is 0 Å². The zero-order valence-corrected chi connectivity index (χ0v) is 14.0. The van der Waals surface area contributed by atoms with Crippen LogP contribution < -0.4 is 4.74 Å². The molecule has 0 spiro atoms. The number of ether oxygens (including phenoxy) is 1. The Labute approximate surface area is 131 Å². The first-order valence-corrected chi connectivity index (χ1v) is 8.68. The first-order chi connectivity index (χ1) is 9.36. The number of methoxy groups -OCH3 is 1. The van der Waals surface area contributed by atoms with Gasteiger partial charge in [-0.1, -0.05) is 11.6 Å².